The lowest BCUT2D eigenvalue weighted by Crippen LogP contribution is -2.50. The van der Waals surface area contributed by atoms with Crippen LogP contribution in [0.15, 0.2) is 83.3 Å². The molecular weight excluding hydrogens is 452 g/mol. The molecule has 1 aliphatic rings. The van der Waals surface area contributed by atoms with Gasteiger partial charge in [0.1, 0.15) is 12.2 Å². The van der Waals surface area contributed by atoms with Crippen LogP contribution in [0, 0.1) is 0 Å². The van der Waals surface area contributed by atoms with Crippen LogP contribution in [-0.4, -0.2) is 24.5 Å². The minimum absolute atomic E-state index is 0.0464. The first-order chi connectivity index (χ1) is 16.7. The van der Waals surface area contributed by atoms with Gasteiger partial charge in [-0.2, -0.15) is 11.8 Å². The van der Waals surface area contributed by atoms with E-state index in [1.54, 1.807) is 30.0 Å². The normalized spacial score (nSPS) is 14.5. The fourth-order valence-corrected chi connectivity index (χ4v) is 4.70. The van der Waals surface area contributed by atoms with Crippen molar-refractivity contribution in [2.24, 2.45) is 0 Å². The van der Waals surface area contributed by atoms with E-state index in [1.807, 2.05) is 48.5 Å². The van der Waals surface area contributed by atoms with Gasteiger partial charge >= 0.3 is 5.91 Å². The molecule has 0 saturated carbocycles. The van der Waals surface area contributed by atoms with Crippen LogP contribution in [0.3, 0.4) is 0 Å². The molecule has 0 spiro atoms. The second kappa shape index (κ2) is 9.93. The lowest BCUT2D eigenvalue weighted by Gasteiger charge is -2.25. The summed E-state index contributed by atoms with van der Waals surface area (Å²) in [5.41, 5.74) is 7.49. The van der Waals surface area contributed by atoms with Crippen LogP contribution in [0.25, 0.3) is 11.0 Å². The van der Waals surface area contributed by atoms with E-state index >= 15 is 0 Å². The molecule has 2 amide bonds. The Labute approximate surface area is 200 Å². The summed E-state index contributed by atoms with van der Waals surface area (Å²) in [6.45, 7) is 0.0464. The van der Waals surface area contributed by atoms with E-state index < -0.39 is 17.9 Å². The number of rotatable bonds is 6. The Morgan fingerprint density at radius 3 is 2.44 bits per heavy atom. The third kappa shape index (κ3) is 4.72. The van der Waals surface area contributed by atoms with Crippen molar-refractivity contribution in [3.63, 3.8) is 0 Å². The van der Waals surface area contributed by atoms with Crippen molar-refractivity contribution >= 4 is 34.5 Å². The van der Waals surface area contributed by atoms with E-state index in [1.165, 1.54) is 5.56 Å². The van der Waals surface area contributed by atoms with Gasteiger partial charge in [0.05, 0.1) is 0 Å². The minimum atomic E-state index is -0.883. The molecule has 0 saturated heterocycles. The summed E-state index contributed by atoms with van der Waals surface area (Å²) in [5, 5.41) is 0.875. The minimum Gasteiger partial charge on any atom is -0.485 e. The number of carbonyl (C=O) groups excluding carboxylic acids is 2. The number of carbonyl (C=O) groups is 2. The first kappa shape index (κ1) is 21.9. The highest BCUT2D eigenvalue weighted by Gasteiger charge is 2.28. The third-order valence-corrected chi connectivity index (χ3v) is 6.39. The molecule has 2 heterocycles. The molecule has 34 heavy (non-hydrogen) atoms. The number of ether oxygens (including phenoxy) is 2. The Morgan fingerprint density at radius 2 is 1.59 bits per heavy atom. The van der Waals surface area contributed by atoms with E-state index in [0.717, 1.165) is 16.7 Å². The maximum absolute atomic E-state index is 13.0. The number of fused-ring (bicyclic) bond motifs is 2. The quantitative estimate of drug-likeness (QED) is 0.401. The Balaban J connectivity index is 1.25. The van der Waals surface area contributed by atoms with Crippen LogP contribution in [0.1, 0.15) is 21.7 Å². The highest BCUT2D eigenvalue weighted by molar-refractivity contribution is 7.97. The van der Waals surface area contributed by atoms with Crippen molar-refractivity contribution in [3.05, 3.63) is 95.7 Å². The topological polar surface area (TPSA) is 89.8 Å². The van der Waals surface area contributed by atoms with E-state index in [9.17, 15) is 9.59 Å². The van der Waals surface area contributed by atoms with Gasteiger partial charge in [0.2, 0.25) is 6.10 Å². The van der Waals surface area contributed by atoms with Gasteiger partial charge in [0, 0.05) is 22.5 Å². The van der Waals surface area contributed by atoms with E-state index in [2.05, 4.69) is 23.0 Å². The molecule has 0 fully saturated rings. The van der Waals surface area contributed by atoms with Gasteiger partial charge in [-0.05, 0) is 23.8 Å². The van der Waals surface area contributed by atoms with Gasteiger partial charge in [-0.3, -0.25) is 20.4 Å². The number of amides is 2. The second-order valence-corrected chi connectivity index (χ2v) is 8.68. The number of benzene rings is 3. The summed E-state index contributed by atoms with van der Waals surface area (Å²) in [6, 6.07) is 24.8. The standard InChI is InChI=1S/C26H22N2O5S/c29-25(23-14-31-21-12-6-7-13-22(21)32-23)27-28-26(30)24-19(18-10-4-5-11-20(18)33-24)16-34-15-17-8-2-1-3-9-17/h1-13,23H,14-16H2,(H,27,29)(H,28,30)/t23-/m0/s1. The van der Waals surface area contributed by atoms with Crippen molar-refractivity contribution < 1.29 is 23.5 Å². The third-order valence-electron chi connectivity index (χ3n) is 5.36. The predicted octanol–water partition coefficient (Wildman–Crippen LogP) is 4.47. The molecule has 3 aromatic carbocycles. The molecule has 7 nitrogen and oxygen atoms in total. The number of nitrogens with one attached hydrogen (secondary N) is 2. The highest BCUT2D eigenvalue weighted by Crippen LogP contribution is 2.31. The number of hydrogen-bond donors (Lipinski definition) is 2. The fourth-order valence-electron chi connectivity index (χ4n) is 3.68. The smallest absolute Gasteiger partial charge is 0.305 e. The summed E-state index contributed by atoms with van der Waals surface area (Å²) in [4.78, 5) is 25.5. The van der Waals surface area contributed by atoms with Crippen LogP contribution in [0.5, 0.6) is 11.5 Å². The molecule has 8 heteroatoms. The Hall–Kier alpha value is -3.91. The Kier molecular flexibility index (Phi) is 6.40. The van der Waals surface area contributed by atoms with Crippen molar-refractivity contribution in [2.45, 2.75) is 17.6 Å². The molecule has 0 aliphatic carbocycles. The van der Waals surface area contributed by atoms with Crippen molar-refractivity contribution in [1.29, 1.82) is 0 Å². The average molecular weight is 475 g/mol. The van der Waals surface area contributed by atoms with E-state index in [4.69, 9.17) is 13.9 Å². The van der Waals surface area contributed by atoms with Gasteiger partial charge < -0.3 is 13.9 Å². The van der Waals surface area contributed by atoms with Crippen molar-refractivity contribution in [2.75, 3.05) is 6.61 Å². The molecule has 1 aromatic heterocycles. The average Bonchev–Trinajstić information content (AvgIpc) is 3.26. The summed E-state index contributed by atoms with van der Waals surface area (Å²) >= 11 is 1.69. The molecule has 172 valence electrons. The zero-order chi connectivity index (χ0) is 23.3. The predicted molar refractivity (Wildman–Crippen MR) is 130 cm³/mol. The maximum Gasteiger partial charge on any atom is 0.305 e. The lowest BCUT2D eigenvalue weighted by molar-refractivity contribution is -0.131. The first-order valence-electron chi connectivity index (χ1n) is 10.8. The number of thioether (sulfide) groups is 1. The van der Waals surface area contributed by atoms with E-state index in [0.29, 0.717) is 22.8 Å². The summed E-state index contributed by atoms with van der Waals surface area (Å²) in [5.74, 6) is 1.58. The maximum atomic E-state index is 13.0. The first-order valence-corrected chi connectivity index (χ1v) is 12.0. The van der Waals surface area contributed by atoms with Crippen LogP contribution >= 0.6 is 11.8 Å². The second-order valence-electron chi connectivity index (χ2n) is 7.69. The fraction of sp³-hybridized carbons (Fsp3) is 0.154. The molecule has 0 unspecified atom stereocenters. The SMILES string of the molecule is O=C(NNC(=O)[C@@H]1COc2ccccc2O1)c1oc2ccccc2c1CSCc1ccccc1. The molecular formula is C26H22N2O5S. The summed E-state index contributed by atoms with van der Waals surface area (Å²) in [6.07, 6.45) is -0.883. The molecule has 2 N–H and O–H groups in total. The van der Waals surface area contributed by atoms with Gasteiger partial charge in [-0.25, -0.2) is 0 Å². The Bertz CT molecular complexity index is 1320. The highest BCUT2D eigenvalue weighted by atomic mass is 32.2. The molecule has 5 rings (SSSR count). The molecule has 0 bridgehead atoms. The monoisotopic (exact) mass is 474 g/mol. The lowest BCUT2D eigenvalue weighted by atomic mass is 10.1. The number of para-hydroxylation sites is 3. The zero-order valence-electron chi connectivity index (χ0n) is 18.2. The van der Waals surface area contributed by atoms with E-state index in [-0.39, 0.29) is 12.4 Å². The van der Waals surface area contributed by atoms with Crippen molar-refractivity contribution in [3.8, 4) is 11.5 Å². The largest absolute Gasteiger partial charge is 0.485 e. The molecule has 4 aromatic rings. The molecule has 0 radical (unpaired) electrons. The van der Waals surface area contributed by atoms with Gasteiger partial charge in [-0.15, -0.1) is 0 Å². The van der Waals surface area contributed by atoms with Crippen LogP contribution in [0.2, 0.25) is 0 Å². The number of furan rings is 1. The zero-order valence-corrected chi connectivity index (χ0v) is 19.0. The molecule has 1 aliphatic heterocycles. The summed E-state index contributed by atoms with van der Waals surface area (Å²) < 4.78 is 17.1. The van der Waals surface area contributed by atoms with Gasteiger partial charge in [0.25, 0.3) is 5.91 Å². The van der Waals surface area contributed by atoms with Crippen LogP contribution in [-0.2, 0) is 16.3 Å². The Morgan fingerprint density at radius 1 is 0.853 bits per heavy atom. The van der Waals surface area contributed by atoms with Crippen LogP contribution in [0.4, 0.5) is 0 Å². The van der Waals surface area contributed by atoms with Gasteiger partial charge in [0.15, 0.2) is 17.3 Å². The number of hydrogen-bond acceptors (Lipinski definition) is 6. The number of hydrazine groups is 1. The van der Waals surface area contributed by atoms with Crippen molar-refractivity contribution in [1.82, 2.24) is 10.9 Å². The molecule has 1 atom stereocenters. The van der Waals surface area contributed by atoms with Gasteiger partial charge in [-0.1, -0.05) is 60.7 Å². The van der Waals surface area contributed by atoms with Crippen LogP contribution < -0.4 is 20.3 Å². The summed E-state index contributed by atoms with van der Waals surface area (Å²) in [7, 11) is 0.